The second-order valence-electron chi connectivity index (χ2n) is 4.78. The molecule has 1 heteroatoms. The molecule has 0 bridgehead atoms. The van der Waals surface area contributed by atoms with E-state index in [-0.39, 0.29) is 0 Å². The highest BCUT2D eigenvalue weighted by molar-refractivity contribution is 5.79. The average Bonchev–Trinajstić information content (AvgIpc) is 2.30. The smallest absolute Gasteiger partial charge is 0.133 e. The van der Waals surface area contributed by atoms with Crippen LogP contribution in [-0.2, 0) is 11.2 Å². The Bertz CT molecular complexity index is 367. The van der Waals surface area contributed by atoms with Gasteiger partial charge in [-0.15, -0.1) is 0 Å². The quantitative estimate of drug-likeness (QED) is 0.746. The molecule has 1 nitrogen and oxygen atoms in total. The van der Waals surface area contributed by atoms with Crippen LogP contribution in [0.1, 0.15) is 56.1 Å². The Labute approximate surface area is 97.9 Å². The van der Waals surface area contributed by atoms with Gasteiger partial charge in [0.1, 0.15) is 5.78 Å². The summed E-state index contributed by atoms with van der Waals surface area (Å²) < 4.78 is 0. The molecule has 0 saturated heterocycles. The molecule has 0 saturated carbocycles. The maximum absolute atomic E-state index is 11.7. The summed E-state index contributed by atoms with van der Waals surface area (Å²) in [6, 6.07) is 8.63. The van der Waals surface area contributed by atoms with E-state index < -0.39 is 0 Å². The van der Waals surface area contributed by atoms with E-state index in [1.807, 2.05) is 0 Å². The highest BCUT2D eigenvalue weighted by Crippen LogP contribution is 2.34. The molecule has 0 spiro atoms. The number of ketones is 1. The Kier molecular flexibility index (Phi) is 3.76. The van der Waals surface area contributed by atoms with E-state index in [9.17, 15) is 4.79 Å². The summed E-state index contributed by atoms with van der Waals surface area (Å²) in [6.07, 6.45) is 6.10. The van der Waals surface area contributed by atoms with Crippen LogP contribution in [0.15, 0.2) is 24.3 Å². The number of Topliss-reactive ketones (excluding diaryl/α,β-unsaturated/α-hetero) is 1. The van der Waals surface area contributed by atoms with E-state index in [2.05, 4.69) is 31.2 Å². The fraction of sp³-hybridized carbons (Fsp3) is 0.533. The van der Waals surface area contributed by atoms with Gasteiger partial charge < -0.3 is 0 Å². The van der Waals surface area contributed by atoms with Gasteiger partial charge in [0.15, 0.2) is 0 Å². The number of hydrogen-bond acceptors (Lipinski definition) is 1. The van der Waals surface area contributed by atoms with Gasteiger partial charge in [0.2, 0.25) is 0 Å². The summed E-state index contributed by atoms with van der Waals surface area (Å²) in [5, 5.41) is 0. The Morgan fingerprint density at radius 3 is 3.00 bits per heavy atom. The molecule has 0 amide bonds. The van der Waals surface area contributed by atoms with Crippen LogP contribution in [-0.4, -0.2) is 5.78 Å². The van der Waals surface area contributed by atoms with E-state index in [1.165, 1.54) is 30.4 Å². The van der Waals surface area contributed by atoms with E-state index in [4.69, 9.17) is 0 Å². The third kappa shape index (κ3) is 2.52. The molecule has 0 N–H and O–H groups in total. The Morgan fingerprint density at radius 1 is 1.38 bits per heavy atom. The van der Waals surface area contributed by atoms with Gasteiger partial charge >= 0.3 is 0 Å². The van der Waals surface area contributed by atoms with E-state index in [1.54, 1.807) is 0 Å². The van der Waals surface area contributed by atoms with Crippen molar-refractivity contribution in [1.29, 1.82) is 0 Å². The van der Waals surface area contributed by atoms with Crippen LogP contribution in [0.3, 0.4) is 0 Å². The lowest BCUT2D eigenvalue weighted by atomic mass is 9.80. The molecule has 16 heavy (non-hydrogen) atoms. The standard InChI is InChI=1S/C15H20O/c1-2-6-14(16)11-13-9-5-8-12-7-3-4-10-15(12)13/h3-4,7,10,13H,2,5-6,8-9,11H2,1H3. The van der Waals surface area contributed by atoms with Crippen LogP contribution in [0.5, 0.6) is 0 Å². The largest absolute Gasteiger partial charge is 0.300 e. The lowest BCUT2D eigenvalue weighted by molar-refractivity contribution is -0.119. The summed E-state index contributed by atoms with van der Waals surface area (Å²) >= 11 is 0. The first-order chi connectivity index (χ1) is 7.81. The minimum Gasteiger partial charge on any atom is -0.300 e. The monoisotopic (exact) mass is 216 g/mol. The van der Waals surface area contributed by atoms with Gasteiger partial charge in [0.25, 0.3) is 0 Å². The van der Waals surface area contributed by atoms with E-state index in [0.717, 1.165) is 19.3 Å². The van der Waals surface area contributed by atoms with Crippen molar-refractivity contribution in [2.45, 2.75) is 51.4 Å². The van der Waals surface area contributed by atoms with Crippen molar-refractivity contribution < 1.29 is 4.79 Å². The first kappa shape index (κ1) is 11.4. The molecule has 1 aliphatic carbocycles. The minimum atomic E-state index is 0.434. The van der Waals surface area contributed by atoms with Crippen LogP contribution >= 0.6 is 0 Å². The molecule has 0 heterocycles. The maximum atomic E-state index is 11.7. The molecule has 2 rings (SSSR count). The predicted octanol–water partition coefficient (Wildman–Crippen LogP) is 3.87. The van der Waals surface area contributed by atoms with Crippen LogP contribution in [0.2, 0.25) is 0 Å². The summed E-state index contributed by atoms with van der Waals surface area (Å²) in [4.78, 5) is 11.7. The number of carbonyl (C=O) groups excluding carboxylic acids is 1. The summed E-state index contributed by atoms with van der Waals surface area (Å²) in [5.41, 5.74) is 2.89. The third-order valence-corrected chi connectivity index (χ3v) is 3.50. The molecule has 1 aliphatic rings. The minimum absolute atomic E-state index is 0.434. The number of carbonyl (C=O) groups is 1. The van der Waals surface area contributed by atoms with Gasteiger partial charge in [-0.1, -0.05) is 31.2 Å². The average molecular weight is 216 g/mol. The predicted molar refractivity (Wildman–Crippen MR) is 66.7 cm³/mol. The number of benzene rings is 1. The number of aryl methyl sites for hydroxylation is 1. The van der Waals surface area contributed by atoms with Crippen molar-refractivity contribution in [1.82, 2.24) is 0 Å². The third-order valence-electron chi connectivity index (χ3n) is 3.50. The second-order valence-corrected chi connectivity index (χ2v) is 4.78. The number of fused-ring (bicyclic) bond motifs is 1. The summed E-state index contributed by atoms with van der Waals surface area (Å²) in [5.74, 6) is 0.924. The molecule has 1 unspecified atom stereocenters. The molecule has 0 aromatic heterocycles. The SMILES string of the molecule is CCCC(=O)CC1CCCc2ccccc21. The molecular weight excluding hydrogens is 196 g/mol. The molecule has 0 fully saturated rings. The summed E-state index contributed by atoms with van der Waals surface area (Å²) in [7, 11) is 0. The summed E-state index contributed by atoms with van der Waals surface area (Å²) in [6.45, 7) is 2.08. The highest BCUT2D eigenvalue weighted by Gasteiger charge is 2.21. The van der Waals surface area contributed by atoms with Gasteiger partial charge in [-0.25, -0.2) is 0 Å². The topological polar surface area (TPSA) is 17.1 Å². The Morgan fingerprint density at radius 2 is 2.19 bits per heavy atom. The fourth-order valence-corrected chi connectivity index (χ4v) is 2.72. The first-order valence-corrected chi connectivity index (χ1v) is 6.40. The van der Waals surface area contributed by atoms with E-state index in [0.29, 0.717) is 11.7 Å². The molecule has 0 radical (unpaired) electrons. The molecule has 86 valence electrons. The zero-order valence-electron chi connectivity index (χ0n) is 10.0. The first-order valence-electron chi connectivity index (χ1n) is 6.40. The van der Waals surface area contributed by atoms with Crippen molar-refractivity contribution in [2.75, 3.05) is 0 Å². The van der Waals surface area contributed by atoms with E-state index >= 15 is 0 Å². The van der Waals surface area contributed by atoms with Gasteiger partial charge in [0, 0.05) is 12.8 Å². The van der Waals surface area contributed by atoms with Crippen molar-refractivity contribution in [3.8, 4) is 0 Å². The normalized spacial score (nSPS) is 19.2. The van der Waals surface area contributed by atoms with Crippen molar-refractivity contribution >= 4 is 5.78 Å². The molecule has 1 aromatic rings. The number of rotatable bonds is 4. The molecule has 1 aromatic carbocycles. The fourth-order valence-electron chi connectivity index (χ4n) is 2.72. The van der Waals surface area contributed by atoms with Crippen LogP contribution in [0, 0.1) is 0 Å². The highest BCUT2D eigenvalue weighted by atomic mass is 16.1. The Hall–Kier alpha value is -1.11. The second kappa shape index (κ2) is 5.29. The lowest BCUT2D eigenvalue weighted by Crippen LogP contribution is -2.13. The number of hydrogen-bond donors (Lipinski definition) is 0. The van der Waals surface area contributed by atoms with Gasteiger partial charge in [0.05, 0.1) is 0 Å². The maximum Gasteiger partial charge on any atom is 0.133 e. The van der Waals surface area contributed by atoms with Gasteiger partial charge in [-0.2, -0.15) is 0 Å². The van der Waals surface area contributed by atoms with Crippen molar-refractivity contribution in [3.05, 3.63) is 35.4 Å². The van der Waals surface area contributed by atoms with Gasteiger partial charge in [-0.05, 0) is 42.7 Å². The van der Waals surface area contributed by atoms with Crippen LogP contribution < -0.4 is 0 Å². The molecule has 1 atom stereocenters. The zero-order chi connectivity index (χ0) is 11.4. The van der Waals surface area contributed by atoms with Crippen molar-refractivity contribution in [2.24, 2.45) is 0 Å². The molecule has 0 aliphatic heterocycles. The lowest BCUT2D eigenvalue weighted by Gasteiger charge is -2.24. The van der Waals surface area contributed by atoms with Crippen molar-refractivity contribution in [3.63, 3.8) is 0 Å². The molecular formula is C15H20O. The van der Waals surface area contributed by atoms with Crippen LogP contribution in [0.25, 0.3) is 0 Å². The Balaban J connectivity index is 2.10. The van der Waals surface area contributed by atoms with Gasteiger partial charge in [-0.3, -0.25) is 4.79 Å². The zero-order valence-corrected chi connectivity index (χ0v) is 10.0. The van der Waals surface area contributed by atoms with Crippen LogP contribution in [0.4, 0.5) is 0 Å².